The highest BCUT2D eigenvalue weighted by atomic mass is 32.2. The molecule has 0 bridgehead atoms. The van der Waals surface area contributed by atoms with E-state index in [1.807, 2.05) is 13.8 Å². The first kappa shape index (κ1) is 21.5. The molecule has 0 heterocycles. The fourth-order valence-electron chi connectivity index (χ4n) is 2.47. The van der Waals surface area contributed by atoms with E-state index >= 15 is 0 Å². The lowest BCUT2D eigenvalue weighted by atomic mass is 10.2. The number of hydrogen-bond acceptors (Lipinski definition) is 6. The number of benzene rings is 3. The topological polar surface area (TPSA) is 102 Å². The van der Waals surface area contributed by atoms with Crippen molar-refractivity contribution in [3.8, 4) is 5.75 Å². The van der Waals surface area contributed by atoms with Gasteiger partial charge in [0, 0.05) is 5.56 Å². The van der Waals surface area contributed by atoms with Crippen molar-refractivity contribution >= 4 is 26.4 Å². The summed E-state index contributed by atoms with van der Waals surface area (Å²) in [6, 6.07) is 18.8. The molecular formula is C21H20N2O5S2. The standard InChI is InChI=1S/C21H20N2O5S2/c1-16-7-11-19(12-8-16)29(24,25)23-22-15-18-5-3-4-6-21(18)28-30(26,27)20-13-9-17(2)10-14-20/h3-15,23H,1-2H3/b22-15-. The minimum atomic E-state index is -4.05. The van der Waals surface area contributed by atoms with Crippen LogP contribution in [0.15, 0.2) is 87.7 Å². The van der Waals surface area contributed by atoms with E-state index in [0.717, 1.165) is 11.1 Å². The maximum absolute atomic E-state index is 12.5. The summed E-state index contributed by atoms with van der Waals surface area (Å²) in [7, 11) is -7.90. The summed E-state index contributed by atoms with van der Waals surface area (Å²) in [6.07, 6.45) is 1.19. The van der Waals surface area contributed by atoms with Crippen LogP contribution >= 0.6 is 0 Å². The Bertz CT molecular complexity index is 1270. The second-order valence-electron chi connectivity index (χ2n) is 6.55. The number of nitrogens with zero attached hydrogens (tertiary/aromatic N) is 1. The van der Waals surface area contributed by atoms with E-state index in [1.54, 1.807) is 42.5 Å². The molecule has 156 valence electrons. The molecule has 0 aliphatic heterocycles. The quantitative estimate of drug-likeness (QED) is 0.342. The lowest BCUT2D eigenvalue weighted by Gasteiger charge is -2.09. The Kier molecular flexibility index (Phi) is 6.23. The van der Waals surface area contributed by atoms with Crippen LogP contribution in [0.4, 0.5) is 0 Å². The Morgan fingerprint density at radius 2 is 1.30 bits per heavy atom. The first-order valence-corrected chi connectivity index (χ1v) is 11.8. The van der Waals surface area contributed by atoms with Gasteiger partial charge in [0.1, 0.15) is 4.90 Å². The summed E-state index contributed by atoms with van der Waals surface area (Å²) < 4.78 is 54.9. The highest BCUT2D eigenvalue weighted by Gasteiger charge is 2.18. The zero-order valence-electron chi connectivity index (χ0n) is 16.3. The van der Waals surface area contributed by atoms with Crippen LogP contribution in [0.5, 0.6) is 5.75 Å². The van der Waals surface area contributed by atoms with Crippen molar-refractivity contribution in [1.29, 1.82) is 0 Å². The van der Waals surface area contributed by atoms with Gasteiger partial charge in [-0.05, 0) is 50.2 Å². The first-order valence-electron chi connectivity index (χ1n) is 8.89. The van der Waals surface area contributed by atoms with Crippen molar-refractivity contribution in [2.45, 2.75) is 23.6 Å². The number of rotatable bonds is 7. The molecule has 0 aromatic heterocycles. The molecule has 30 heavy (non-hydrogen) atoms. The molecule has 9 heteroatoms. The molecule has 7 nitrogen and oxygen atoms in total. The summed E-state index contributed by atoms with van der Waals surface area (Å²) in [4.78, 5) is 2.19. The van der Waals surface area contributed by atoms with Gasteiger partial charge in [0.15, 0.2) is 5.75 Å². The van der Waals surface area contributed by atoms with E-state index in [9.17, 15) is 16.8 Å². The largest absolute Gasteiger partial charge is 0.378 e. The zero-order chi connectivity index (χ0) is 21.8. The fourth-order valence-corrected chi connectivity index (χ4v) is 4.21. The number of hydrazone groups is 1. The van der Waals surface area contributed by atoms with Crippen molar-refractivity contribution in [3.05, 3.63) is 89.5 Å². The number of nitrogens with one attached hydrogen (secondary N) is 1. The summed E-state index contributed by atoms with van der Waals surface area (Å²) in [6.45, 7) is 3.70. The number of sulfonamides is 1. The van der Waals surface area contributed by atoms with Gasteiger partial charge in [-0.1, -0.05) is 47.5 Å². The molecule has 3 rings (SSSR count). The first-order chi connectivity index (χ1) is 14.2. The van der Waals surface area contributed by atoms with E-state index in [-0.39, 0.29) is 15.5 Å². The van der Waals surface area contributed by atoms with Crippen molar-refractivity contribution in [3.63, 3.8) is 0 Å². The Hall–Kier alpha value is -3.17. The molecular weight excluding hydrogens is 424 g/mol. The van der Waals surface area contributed by atoms with E-state index in [4.69, 9.17) is 4.18 Å². The Labute approximate surface area is 176 Å². The van der Waals surface area contributed by atoms with Crippen molar-refractivity contribution in [2.75, 3.05) is 0 Å². The van der Waals surface area contributed by atoms with E-state index < -0.39 is 20.1 Å². The predicted molar refractivity (Wildman–Crippen MR) is 115 cm³/mol. The van der Waals surface area contributed by atoms with Crippen LogP contribution in [0.3, 0.4) is 0 Å². The van der Waals surface area contributed by atoms with Gasteiger partial charge in [-0.2, -0.15) is 21.9 Å². The average molecular weight is 445 g/mol. The summed E-state index contributed by atoms with van der Waals surface area (Å²) in [5.41, 5.74) is 2.14. The second kappa shape index (κ2) is 8.68. The summed E-state index contributed by atoms with van der Waals surface area (Å²) >= 11 is 0. The van der Waals surface area contributed by atoms with Gasteiger partial charge in [-0.15, -0.1) is 0 Å². The predicted octanol–water partition coefficient (Wildman–Crippen LogP) is 3.38. The molecule has 0 amide bonds. The fraction of sp³-hybridized carbons (Fsp3) is 0.0952. The van der Waals surface area contributed by atoms with Crippen LogP contribution in [0.1, 0.15) is 16.7 Å². The minimum Gasteiger partial charge on any atom is -0.378 e. The van der Waals surface area contributed by atoms with E-state index in [2.05, 4.69) is 9.93 Å². The van der Waals surface area contributed by atoms with Gasteiger partial charge in [-0.3, -0.25) is 0 Å². The summed E-state index contributed by atoms with van der Waals surface area (Å²) in [5, 5.41) is 3.75. The smallest absolute Gasteiger partial charge is 0.339 e. The third kappa shape index (κ3) is 5.25. The molecule has 0 spiro atoms. The molecule has 0 radical (unpaired) electrons. The third-order valence-corrected chi connectivity index (χ3v) is 6.62. The third-order valence-electron chi connectivity index (χ3n) is 4.14. The van der Waals surface area contributed by atoms with Crippen LogP contribution in [0.2, 0.25) is 0 Å². The van der Waals surface area contributed by atoms with Gasteiger partial charge < -0.3 is 4.18 Å². The van der Waals surface area contributed by atoms with Crippen LogP contribution in [-0.4, -0.2) is 23.1 Å². The normalized spacial score (nSPS) is 12.1. The highest BCUT2D eigenvalue weighted by molar-refractivity contribution is 7.89. The minimum absolute atomic E-state index is 0.0138. The average Bonchev–Trinajstić information content (AvgIpc) is 2.69. The molecule has 0 saturated carbocycles. The lowest BCUT2D eigenvalue weighted by molar-refractivity contribution is 0.485. The molecule has 0 aliphatic carbocycles. The van der Waals surface area contributed by atoms with Crippen LogP contribution < -0.4 is 9.01 Å². The van der Waals surface area contributed by atoms with Crippen molar-refractivity contribution < 1.29 is 21.0 Å². The van der Waals surface area contributed by atoms with Crippen molar-refractivity contribution in [1.82, 2.24) is 4.83 Å². The highest BCUT2D eigenvalue weighted by Crippen LogP contribution is 2.22. The molecule has 3 aromatic carbocycles. The van der Waals surface area contributed by atoms with Crippen LogP contribution in [0, 0.1) is 13.8 Å². The number of para-hydroxylation sites is 1. The van der Waals surface area contributed by atoms with Crippen LogP contribution in [-0.2, 0) is 20.1 Å². The Morgan fingerprint density at radius 3 is 1.90 bits per heavy atom. The maximum Gasteiger partial charge on any atom is 0.339 e. The number of aryl methyl sites for hydroxylation is 2. The zero-order valence-corrected chi connectivity index (χ0v) is 17.9. The molecule has 0 saturated heterocycles. The summed E-state index contributed by atoms with van der Waals surface area (Å²) in [5.74, 6) is 0.0244. The van der Waals surface area contributed by atoms with Crippen LogP contribution in [0.25, 0.3) is 0 Å². The molecule has 3 aromatic rings. The monoisotopic (exact) mass is 444 g/mol. The molecule has 1 N–H and O–H groups in total. The van der Waals surface area contributed by atoms with E-state index in [1.165, 1.54) is 36.5 Å². The molecule has 0 aliphatic rings. The molecule has 0 atom stereocenters. The van der Waals surface area contributed by atoms with Gasteiger partial charge in [0.05, 0.1) is 11.1 Å². The Morgan fingerprint density at radius 1 is 0.767 bits per heavy atom. The molecule has 0 fully saturated rings. The van der Waals surface area contributed by atoms with Gasteiger partial charge in [0.25, 0.3) is 10.0 Å². The van der Waals surface area contributed by atoms with E-state index in [0.29, 0.717) is 5.56 Å². The number of hydrogen-bond donors (Lipinski definition) is 1. The second-order valence-corrected chi connectivity index (χ2v) is 9.76. The van der Waals surface area contributed by atoms with Gasteiger partial charge >= 0.3 is 10.1 Å². The Balaban J connectivity index is 1.80. The lowest BCUT2D eigenvalue weighted by Crippen LogP contribution is -2.18. The van der Waals surface area contributed by atoms with Gasteiger partial charge in [-0.25, -0.2) is 4.83 Å². The SMILES string of the molecule is Cc1ccc(S(=O)(=O)N/N=C\c2ccccc2OS(=O)(=O)c2ccc(C)cc2)cc1. The van der Waals surface area contributed by atoms with Crippen molar-refractivity contribution in [2.24, 2.45) is 5.10 Å². The maximum atomic E-state index is 12.5. The molecule has 0 unspecified atom stereocenters. The van der Waals surface area contributed by atoms with Gasteiger partial charge in [0.2, 0.25) is 0 Å².